The van der Waals surface area contributed by atoms with Crippen molar-refractivity contribution < 1.29 is 17.2 Å². The fourth-order valence-corrected chi connectivity index (χ4v) is 4.12. The van der Waals surface area contributed by atoms with Gasteiger partial charge in [-0.3, -0.25) is 4.99 Å². The summed E-state index contributed by atoms with van der Waals surface area (Å²) in [7, 11) is -2.97. The minimum Gasteiger partial charge on any atom is -0.357 e. The fraction of sp³-hybridized carbons (Fsp3) is 0.533. The lowest BCUT2D eigenvalue weighted by Crippen LogP contribution is -2.44. The molecule has 0 bridgehead atoms. The van der Waals surface area contributed by atoms with Gasteiger partial charge in [0.25, 0.3) is 0 Å². The molecule has 1 atom stereocenters. The van der Waals surface area contributed by atoms with Gasteiger partial charge in [0.2, 0.25) is 0 Å². The summed E-state index contributed by atoms with van der Waals surface area (Å²) in [4.78, 5) is 4.30. The molecule has 1 aliphatic heterocycles. The Morgan fingerprint density at radius 2 is 2.17 bits per heavy atom. The maximum Gasteiger partial charge on any atom is 0.191 e. The summed E-state index contributed by atoms with van der Waals surface area (Å²) in [5, 5.41) is 6.10. The highest BCUT2D eigenvalue weighted by Crippen LogP contribution is 2.12. The van der Waals surface area contributed by atoms with Crippen molar-refractivity contribution in [3.8, 4) is 0 Å². The Morgan fingerprint density at radius 1 is 1.39 bits per heavy atom. The van der Waals surface area contributed by atoms with E-state index < -0.39 is 21.5 Å². The zero-order valence-corrected chi connectivity index (χ0v) is 13.8. The third-order valence-electron chi connectivity index (χ3n) is 3.58. The molecule has 8 heteroatoms. The van der Waals surface area contributed by atoms with E-state index >= 15 is 0 Å². The Kier molecular flexibility index (Phi) is 5.92. The SMILES string of the molecule is CCNC(=NCCc1cc(F)ccc1F)NC1CCS(=O)(=O)C1. The number of sulfone groups is 1. The van der Waals surface area contributed by atoms with E-state index in [0.29, 0.717) is 18.9 Å². The van der Waals surface area contributed by atoms with E-state index in [0.717, 1.165) is 18.2 Å². The molecule has 128 valence electrons. The van der Waals surface area contributed by atoms with Crippen LogP contribution in [0.4, 0.5) is 8.78 Å². The molecule has 0 aliphatic carbocycles. The van der Waals surface area contributed by atoms with E-state index in [1.807, 2.05) is 6.92 Å². The van der Waals surface area contributed by atoms with Crippen molar-refractivity contribution >= 4 is 15.8 Å². The summed E-state index contributed by atoms with van der Waals surface area (Å²) in [6.45, 7) is 2.80. The summed E-state index contributed by atoms with van der Waals surface area (Å²) >= 11 is 0. The molecule has 1 fully saturated rings. The lowest BCUT2D eigenvalue weighted by molar-refractivity contribution is 0.584. The zero-order chi connectivity index (χ0) is 16.9. The molecule has 1 heterocycles. The van der Waals surface area contributed by atoms with Gasteiger partial charge in [-0.1, -0.05) is 0 Å². The fourth-order valence-electron chi connectivity index (χ4n) is 2.45. The largest absolute Gasteiger partial charge is 0.357 e. The topological polar surface area (TPSA) is 70.6 Å². The molecule has 1 aromatic rings. The molecule has 5 nitrogen and oxygen atoms in total. The second kappa shape index (κ2) is 7.72. The van der Waals surface area contributed by atoms with Gasteiger partial charge in [0.05, 0.1) is 11.5 Å². The number of aliphatic imine (C=N–C) groups is 1. The van der Waals surface area contributed by atoms with Gasteiger partial charge in [-0.05, 0) is 43.5 Å². The van der Waals surface area contributed by atoms with Gasteiger partial charge in [0.1, 0.15) is 11.6 Å². The third kappa shape index (κ3) is 5.46. The van der Waals surface area contributed by atoms with Crippen molar-refractivity contribution in [1.29, 1.82) is 0 Å². The van der Waals surface area contributed by atoms with Crippen molar-refractivity contribution in [1.82, 2.24) is 10.6 Å². The van der Waals surface area contributed by atoms with E-state index in [1.54, 1.807) is 0 Å². The van der Waals surface area contributed by atoms with Gasteiger partial charge in [-0.2, -0.15) is 0 Å². The standard InChI is InChI=1S/C15H21F2N3O2S/c1-2-18-15(20-13-6-8-23(21,22)10-13)19-7-5-11-9-12(16)3-4-14(11)17/h3-4,9,13H,2,5-8,10H2,1H3,(H2,18,19,20). The summed E-state index contributed by atoms with van der Waals surface area (Å²) < 4.78 is 49.6. The van der Waals surface area contributed by atoms with Crippen LogP contribution in [0, 0.1) is 11.6 Å². The summed E-state index contributed by atoms with van der Waals surface area (Å²) in [5.41, 5.74) is 0.271. The van der Waals surface area contributed by atoms with Crippen LogP contribution < -0.4 is 10.6 Å². The Bertz CT molecular complexity index is 677. The molecule has 1 saturated heterocycles. The molecule has 1 unspecified atom stereocenters. The van der Waals surface area contributed by atoms with Crippen LogP contribution in [0.25, 0.3) is 0 Å². The number of nitrogens with one attached hydrogen (secondary N) is 2. The van der Waals surface area contributed by atoms with Crippen molar-refractivity contribution in [2.24, 2.45) is 4.99 Å². The van der Waals surface area contributed by atoms with Crippen LogP contribution in [0.5, 0.6) is 0 Å². The normalized spacial score (nSPS) is 20.5. The van der Waals surface area contributed by atoms with Crippen LogP contribution in [-0.2, 0) is 16.3 Å². The molecule has 0 saturated carbocycles. The number of benzene rings is 1. The number of hydrogen-bond donors (Lipinski definition) is 2. The Balaban J connectivity index is 1.94. The molecule has 2 rings (SSSR count). The lowest BCUT2D eigenvalue weighted by Gasteiger charge is -2.15. The van der Waals surface area contributed by atoms with E-state index in [1.165, 1.54) is 0 Å². The smallest absolute Gasteiger partial charge is 0.191 e. The monoisotopic (exact) mass is 345 g/mol. The summed E-state index contributed by atoms with van der Waals surface area (Å²) in [6, 6.07) is 3.17. The number of guanidine groups is 1. The minimum atomic E-state index is -2.97. The van der Waals surface area contributed by atoms with Gasteiger partial charge >= 0.3 is 0 Å². The summed E-state index contributed by atoms with van der Waals surface area (Å²) in [5.74, 6) is -0.173. The van der Waals surface area contributed by atoms with E-state index in [-0.39, 0.29) is 36.1 Å². The second-order valence-electron chi connectivity index (χ2n) is 5.49. The second-order valence-corrected chi connectivity index (χ2v) is 7.72. The minimum absolute atomic E-state index is 0.0932. The molecule has 1 aliphatic rings. The average Bonchev–Trinajstić information content (AvgIpc) is 2.82. The van der Waals surface area contributed by atoms with Gasteiger partial charge in [0, 0.05) is 19.1 Å². The Morgan fingerprint density at radius 3 is 2.83 bits per heavy atom. The Hall–Kier alpha value is -1.70. The van der Waals surface area contributed by atoms with E-state index in [4.69, 9.17) is 0 Å². The molecular weight excluding hydrogens is 324 g/mol. The van der Waals surface area contributed by atoms with Crippen LogP contribution in [0.2, 0.25) is 0 Å². The van der Waals surface area contributed by atoms with Crippen molar-refractivity contribution in [3.63, 3.8) is 0 Å². The van der Waals surface area contributed by atoms with E-state index in [9.17, 15) is 17.2 Å². The molecule has 2 N–H and O–H groups in total. The van der Waals surface area contributed by atoms with Crippen LogP contribution in [0.1, 0.15) is 18.9 Å². The highest BCUT2D eigenvalue weighted by molar-refractivity contribution is 7.91. The third-order valence-corrected chi connectivity index (χ3v) is 5.34. The van der Waals surface area contributed by atoms with Crippen LogP contribution in [-0.4, -0.2) is 45.0 Å². The predicted octanol–water partition coefficient (Wildman–Crippen LogP) is 1.25. The lowest BCUT2D eigenvalue weighted by atomic mass is 10.1. The van der Waals surface area contributed by atoms with Gasteiger partial charge in [0.15, 0.2) is 15.8 Å². The first-order valence-electron chi connectivity index (χ1n) is 7.59. The average molecular weight is 345 g/mol. The first-order valence-corrected chi connectivity index (χ1v) is 9.41. The molecule has 0 radical (unpaired) electrons. The molecule has 0 spiro atoms. The highest BCUT2D eigenvalue weighted by Gasteiger charge is 2.28. The number of hydrogen-bond acceptors (Lipinski definition) is 3. The van der Waals surface area contributed by atoms with Gasteiger partial charge in [-0.15, -0.1) is 0 Å². The first-order chi connectivity index (χ1) is 10.9. The molecular formula is C15H21F2N3O2S. The zero-order valence-electron chi connectivity index (χ0n) is 13.0. The molecule has 1 aromatic carbocycles. The predicted molar refractivity (Wildman–Crippen MR) is 86.2 cm³/mol. The van der Waals surface area contributed by atoms with Crippen LogP contribution >= 0.6 is 0 Å². The Labute approximate surface area is 135 Å². The van der Waals surface area contributed by atoms with Crippen molar-refractivity contribution in [3.05, 3.63) is 35.4 Å². The maximum absolute atomic E-state index is 13.5. The molecule has 23 heavy (non-hydrogen) atoms. The van der Waals surface area contributed by atoms with Crippen molar-refractivity contribution in [2.45, 2.75) is 25.8 Å². The van der Waals surface area contributed by atoms with E-state index in [2.05, 4.69) is 15.6 Å². The first kappa shape index (κ1) is 17.7. The number of nitrogens with zero attached hydrogens (tertiary/aromatic N) is 1. The van der Waals surface area contributed by atoms with Crippen LogP contribution in [0.15, 0.2) is 23.2 Å². The quantitative estimate of drug-likeness (QED) is 0.622. The molecule has 0 amide bonds. The summed E-state index contributed by atoms with van der Waals surface area (Å²) in [6.07, 6.45) is 0.814. The van der Waals surface area contributed by atoms with Crippen molar-refractivity contribution in [2.75, 3.05) is 24.6 Å². The van der Waals surface area contributed by atoms with Gasteiger partial charge < -0.3 is 10.6 Å². The number of rotatable bonds is 5. The van der Waals surface area contributed by atoms with Gasteiger partial charge in [-0.25, -0.2) is 17.2 Å². The highest BCUT2D eigenvalue weighted by atomic mass is 32.2. The van der Waals surface area contributed by atoms with Crippen LogP contribution in [0.3, 0.4) is 0 Å². The number of halogens is 2. The molecule has 0 aromatic heterocycles. The maximum atomic E-state index is 13.5.